The largest absolute Gasteiger partial charge is 0.495 e. The van der Waals surface area contributed by atoms with Gasteiger partial charge in [-0.3, -0.25) is 9.10 Å². The fourth-order valence-electron chi connectivity index (χ4n) is 3.19. The predicted molar refractivity (Wildman–Crippen MR) is 143 cm³/mol. The molecule has 0 saturated heterocycles. The average Bonchev–Trinajstić information content (AvgIpc) is 2.90. The summed E-state index contributed by atoms with van der Waals surface area (Å²) >= 11 is 6.23. The van der Waals surface area contributed by atoms with Crippen molar-refractivity contribution in [2.24, 2.45) is 5.10 Å². The summed E-state index contributed by atoms with van der Waals surface area (Å²) in [4.78, 5) is 24.0. The van der Waals surface area contributed by atoms with Crippen molar-refractivity contribution in [3.8, 4) is 11.5 Å². The Morgan fingerprint density at radius 2 is 1.79 bits per heavy atom. The molecule has 0 radical (unpaired) electrons. The molecule has 12 heteroatoms. The first-order chi connectivity index (χ1) is 18.1. The molecular weight excluding hydrogens is 534 g/mol. The molecule has 0 atom stereocenters. The number of benzene rings is 3. The number of aryl methyl sites for hydroxylation is 1. The lowest BCUT2D eigenvalue weighted by Gasteiger charge is -2.24. The number of carbonyl (C=O) groups is 2. The van der Waals surface area contributed by atoms with Crippen molar-refractivity contribution in [3.05, 3.63) is 82.9 Å². The second-order valence-corrected chi connectivity index (χ2v) is 10.1. The van der Waals surface area contributed by atoms with Crippen LogP contribution in [0.15, 0.2) is 76.7 Å². The van der Waals surface area contributed by atoms with Crippen molar-refractivity contribution in [3.63, 3.8) is 0 Å². The van der Waals surface area contributed by atoms with E-state index in [1.807, 2.05) is 6.92 Å². The molecule has 3 aromatic rings. The van der Waals surface area contributed by atoms with Gasteiger partial charge in [-0.05, 0) is 55.0 Å². The molecule has 0 heterocycles. The Bertz CT molecular complexity index is 1430. The fraction of sp³-hybridized carbons (Fsp3) is 0.192. The maximum atomic E-state index is 13.5. The van der Waals surface area contributed by atoms with Gasteiger partial charge in [0.05, 0.1) is 36.0 Å². The van der Waals surface area contributed by atoms with E-state index in [2.05, 4.69) is 15.3 Å². The van der Waals surface area contributed by atoms with E-state index in [4.69, 9.17) is 21.1 Å². The molecule has 0 spiro atoms. The van der Waals surface area contributed by atoms with Crippen molar-refractivity contribution < 1.29 is 32.2 Å². The summed E-state index contributed by atoms with van der Waals surface area (Å²) in [7, 11) is -1.44. The van der Waals surface area contributed by atoms with Crippen LogP contribution in [0.1, 0.15) is 11.1 Å². The van der Waals surface area contributed by atoms with E-state index in [0.29, 0.717) is 17.1 Å². The van der Waals surface area contributed by atoms with Crippen LogP contribution in [0.2, 0.25) is 5.02 Å². The van der Waals surface area contributed by atoms with Crippen LogP contribution in [0.25, 0.3) is 0 Å². The minimum atomic E-state index is -4.13. The highest BCUT2D eigenvalue weighted by molar-refractivity contribution is 7.92. The van der Waals surface area contributed by atoms with Crippen LogP contribution in [0.5, 0.6) is 11.5 Å². The Morgan fingerprint density at radius 1 is 1.05 bits per heavy atom. The number of nitrogens with one attached hydrogen (secondary N) is 1. The molecule has 0 bridgehead atoms. The fourth-order valence-corrected chi connectivity index (χ4v) is 4.86. The first-order valence-electron chi connectivity index (χ1n) is 11.2. The highest BCUT2D eigenvalue weighted by atomic mass is 35.5. The number of nitrogens with zero attached hydrogens (tertiary/aromatic N) is 2. The van der Waals surface area contributed by atoms with Crippen LogP contribution in [0.3, 0.4) is 0 Å². The smallest absolute Gasteiger partial charge is 0.343 e. The molecule has 38 heavy (non-hydrogen) atoms. The maximum Gasteiger partial charge on any atom is 0.343 e. The Kier molecular flexibility index (Phi) is 9.69. The van der Waals surface area contributed by atoms with Crippen molar-refractivity contribution in [1.82, 2.24) is 5.43 Å². The molecule has 1 N–H and O–H groups in total. The first-order valence-corrected chi connectivity index (χ1v) is 13.0. The molecule has 0 aromatic heterocycles. The Hall–Kier alpha value is -4.09. The van der Waals surface area contributed by atoms with E-state index in [1.165, 1.54) is 50.8 Å². The lowest BCUT2D eigenvalue weighted by molar-refractivity contribution is -0.142. The summed E-state index contributed by atoms with van der Waals surface area (Å²) in [6, 6.07) is 17.3. The zero-order valence-corrected chi connectivity index (χ0v) is 22.5. The van der Waals surface area contributed by atoms with Gasteiger partial charge in [0, 0.05) is 0 Å². The van der Waals surface area contributed by atoms with Crippen molar-refractivity contribution >= 4 is 45.4 Å². The Morgan fingerprint density at radius 3 is 2.45 bits per heavy atom. The van der Waals surface area contributed by atoms with E-state index in [0.717, 1.165) is 9.87 Å². The molecule has 0 aliphatic carbocycles. The average molecular weight is 560 g/mol. The standard InChI is InChI=1S/C26H26ClN3O7S/c1-18-7-10-22(11-8-18)38(33,34)30(20-9-12-24(35-2)23(27)14-20)16-25(31)29-28-15-19-5-4-6-21(13-19)37-17-26(32)36-3/h4-15H,16-17H2,1-3H3,(H,29,31)/b28-15-. The van der Waals surface area contributed by atoms with Gasteiger partial charge in [0.25, 0.3) is 15.9 Å². The van der Waals surface area contributed by atoms with Gasteiger partial charge in [-0.2, -0.15) is 5.10 Å². The second kappa shape index (κ2) is 12.9. The zero-order valence-electron chi connectivity index (χ0n) is 20.9. The van der Waals surface area contributed by atoms with Gasteiger partial charge in [-0.25, -0.2) is 18.6 Å². The normalized spacial score (nSPS) is 11.2. The third kappa shape index (κ3) is 7.46. The number of amides is 1. The maximum absolute atomic E-state index is 13.5. The van der Waals surface area contributed by atoms with Crippen molar-refractivity contribution in [1.29, 1.82) is 0 Å². The minimum absolute atomic E-state index is 0.00936. The number of halogens is 1. The number of esters is 1. The molecule has 0 unspecified atom stereocenters. The summed E-state index contributed by atoms with van der Waals surface area (Å²) in [5.74, 6) is -0.464. The molecule has 10 nitrogen and oxygen atoms in total. The Balaban J connectivity index is 1.79. The molecule has 0 fully saturated rings. The van der Waals surface area contributed by atoms with Gasteiger partial charge >= 0.3 is 5.97 Å². The number of ether oxygens (including phenoxy) is 3. The lowest BCUT2D eigenvalue weighted by atomic mass is 10.2. The van der Waals surface area contributed by atoms with Crippen molar-refractivity contribution in [2.45, 2.75) is 11.8 Å². The van der Waals surface area contributed by atoms with E-state index < -0.39 is 28.4 Å². The second-order valence-electron chi connectivity index (χ2n) is 7.87. The van der Waals surface area contributed by atoms with Crippen LogP contribution in [-0.4, -0.2) is 53.9 Å². The molecule has 1 amide bonds. The van der Waals surface area contributed by atoms with Gasteiger partial charge in [0.2, 0.25) is 0 Å². The van der Waals surface area contributed by atoms with Crippen LogP contribution in [-0.2, 0) is 24.3 Å². The number of methoxy groups -OCH3 is 2. The molecule has 0 aliphatic rings. The van der Waals surface area contributed by atoms with Gasteiger partial charge < -0.3 is 14.2 Å². The predicted octanol–water partition coefficient (Wildman–Crippen LogP) is 3.55. The van der Waals surface area contributed by atoms with Gasteiger partial charge in [-0.1, -0.05) is 41.4 Å². The molecular formula is C26H26ClN3O7S. The number of hydrogen-bond donors (Lipinski definition) is 1. The molecule has 200 valence electrons. The van der Waals surface area contributed by atoms with E-state index in [-0.39, 0.29) is 22.2 Å². The summed E-state index contributed by atoms with van der Waals surface area (Å²) in [5, 5.41) is 4.10. The molecule has 0 aliphatic heterocycles. The number of anilines is 1. The van der Waals surface area contributed by atoms with E-state index in [9.17, 15) is 18.0 Å². The first kappa shape index (κ1) is 28.5. The summed E-state index contributed by atoms with van der Waals surface area (Å²) in [6.07, 6.45) is 1.35. The third-order valence-corrected chi connectivity index (χ3v) is 7.25. The topological polar surface area (TPSA) is 124 Å². The van der Waals surface area contributed by atoms with Gasteiger partial charge in [0.15, 0.2) is 6.61 Å². The number of hydrazone groups is 1. The summed E-state index contributed by atoms with van der Waals surface area (Å²) < 4.78 is 42.9. The SMILES string of the molecule is COC(=O)COc1cccc(/C=N\NC(=O)CN(c2ccc(OC)c(Cl)c2)S(=O)(=O)c2ccc(C)cc2)c1. The number of carbonyl (C=O) groups excluding carboxylic acids is 2. The van der Waals surface area contributed by atoms with E-state index in [1.54, 1.807) is 36.4 Å². The number of sulfonamides is 1. The summed E-state index contributed by atoms with van der Waals surface area (Å²) in [5.41, 5.74) is 3.96. The van der Waals surface area contributed by atoms with Crippen LogP contribution in [0.4, 0.5) is 5.69 Å². The summed E-state index contributed by atoms with van der Waals surface area (Å²) in [6.45, 7) is 1.01. The van der Waals surface area contributed by atoms with Gasteiger partial charge in [0.1, 0.15) is 18.0 Å². The third-order valence-electron chi connectivity index (χ3n) is 5.16. The molecule has 3 rings (SSSR count). The number of rotatable bonds is 11. The number of hydrogen-bond acceptors (Lipinski definition) is 8. The van der Waals surface area contributed by atoms with E-state index >= 15 is 0 Å². The highest BCUT2D eigenvalue weighted by Crippen LogP contribution is 2.32. The monoisotopic (exact) mass is 559 g/mol. The highest BCUT2D eigenvalue weighted by Gasteiger charge is 2.27. The Labute approximate surface area is 225 Å². The van der Waals surface area contributed by atoms with Crippen LogP contribution >= 0.6 is 11.6 Å². The van der Waals surface area contributed by atoms with Crippen LogP contribution < -0.4 is 19.2 Å². The minimum Gasteiger partial charge on any atom is -0.495 e. The van der Waals surface area contributed by atoms with Crippen LogP contribution in [0, 0.1) is 6.92 Å². The quantitative estimate of drug-likeness (QED) is 0.216. The molecule has 0 saturated carbocycles. The zero-order chi connectivity index (χ0) is 27.7. The van der Waals surface area contributed by atoms with Gasteiger partial charge in [-0.15, -0.1) is 0 Å². The lowest BCUT2D eigenvalue weighted by Crippen LogP contribution is -2.39. The molecule has 3 aromatic carbocycles. The van der Waals surface area contributed by atoms with Crippen molar-refractivity contribution in [2.75, 3.05) is 31.7 Å².